The fourth-order valence-corrected chi connectivity index (χ4v) is 2.08. The first-order valence-electron chi connectivity index (χ1n) is 6.92. The molecule has 21 heavy (non-hydrogen) atoms. The number of hydrogen-bond donors (Lipinski definition) is 1. The Morgan fingerprint density at radius 2 is 2.33 bits per heavy atom. The first-order chi connectivity index (χ1) is 10.0. The summed E-state index contributed by atoms with van der Waals surface area (Å²) in [7, 11) is 1.69. The number of hydrogen-bond acceptors (Lipinski definition) is 4. The predicted molar refractivity (Wildman–Crippen MR) is 77.2 cm³/mol. The van der Waals surface area contributed by atoms with Crippen LogP contribution in [0.15, 0.2) is 24.3 Å². The lowest BCUT2D eigenvalue weighted by Crippen LogP contribution is -2.32. The van der Waals surface area contributed by atoms with E-state index in [1.807, 2.05) is 31.2 Å². The van der Waals surface area contributed by atoms with E-state index in [-0.39, 0.29) is 24.7 Å². The molecule has 1 fully saturated rings. The highest BCUT2D eigenvalue weighted by Gasteiger charge is 2.27. The first kappa shape index (κ1) is 15.2. The molecule has 0 aliphatic carbocycles. The standard InChI is InChI=1S/C15H20N2O4/c1-11-4-3-5-12(8-11)20-10-14(18)16-7-6-13-9-17(2)15(19)21-13/h3-5,8,13H,6-7,9-10H2,1-2H3,(H,16,18). The van der Waals surface area contributed by atoms with Gasteiger partial charge in [0, 0.05) is 20.0 Å². The largest absolute Gasteiger partial charge is 0.484 e. The number of aryl methyl sites for hydroxylation is 1. The second-order valence-electron chi connectivity index (χ2n) is 5.13. The number of carbonyl (C=O) groups excluding carboxylic acids is 2. The monoisotopic (exact) mass is 292 g/mol. The Morgan fingerprint density at radius 3 is 3.00 bits per heavy atom. The maximum absolute atomic E-state index is 11.6. The van der Waals surface area contributed by atoms with E-state index in [0.717, 1.165) is 5.56 Å². The van der Waals surface area contributed by atoms with Crippen LogP contribution in [0, 0.1) is 6.92 Å². The third kappa shape index (κ3) is 4.66. The van der Waals surface area contributed by atoms with Crippen LogP contribution in [-0.2, 0) is 9.53 Å². The van der Waals surface area contributed by atoms with Crippen LogP contribution < -0.4 is 10.1 Å². The molecule has 0 bridgehead atoms. The van der Waals surface area contributed by atoms with Gasteiger partial charge in [0.05, 0.1) is 6.54 Å². The van der Waals surface area contributed by atoms with Crippen molar-refractivity contribution in [2.24, 2.45) is 0 Å². The number of nitrogens with zero attached hydrogens (tertiary/aromatic N) is 1. The summed E-state index contributed by atoms with van der Waals surface area (Å²) in [6.45, 7) is 2.97. The highest BCUT2D eigenvalue weighted by atomic mass is 16.6. The average Bonchev–Trinajstić information content (AvgIpc) is 2.75. The smallest absolute Gasteiger partial charge is 0.409 e. The van der Waals surface area contributed by atoms with Gasteiger partial charge in [-0.25, -0.2) is 4.79 Å². The second-order valence-corrected chi connectivity index (χ2v) is 5.13. The number of carbonyl (C=O) groups is 2. The number of amides is 2. The zero-order valence-corrected chi connectivity index (χ0v) is 12.3. The van der Waals surface area contributed by atoms with E-state index in [9.17, 15) is 9.59 Å². The average molecular weight is 292 g/mol. The van der Waals surface area contributed by atoms with Crippen molar-refractivity contribution in [2.75, 3.05) is 26.7 Å². The molecular weight excluding hydrogens is 272 g/mol. The van der Waals surface area contributed by atoms with Crippen molar-refractivity contribution in [2.45, 2.75) is 19.4 Å². The minimum Gasteiger partial charge on any atom is -0.484 e. The van der Waals surface area contributed by atoms with E-state index in [1.54, 1.807) is 7.05 Å². The van der Waals surface area contributed by atoms with Crippen molar-refractivity contribution in [3.8, 4) is 5.75 Å². The maximum Gasteiger partial charge on any atom is 0.409 e. The van der Waals surface area contributed by atoms with Gasteiger partial charge in [-0.1, -0.05) is 12.1 Å². The Kier molecular flexibility index (Phi) is 5.03. The van der Waals surface area contributed by atoms with Gasteiger partial charge in [0.1, 0.15) is 11.9 Å². The van der Waals surface area contributed by atoms with Gasteiger partial charge in [-0.2, -0.15) is 0 Å². The summed E-state index contributed by atoms with van der Waals surface area (Å²) in [6, 6.07) is 7.54. The van der Waals surface area contributed by atoms with Gasteiger partial charge >= 0.3 is 6.09 Å². The molecule has 114 valence electrons. The molecule has 0 saturated carbocycles. The minimum atomic E-state index is -0.311. The number of rotatable bonds is 6. The molecule has 0 radical (unpaired) electrons. The Balaban J connectivity index is 1.63. The third-order valence-corrected chi connectivity index (χ3v) is 3.20. The van der Waals surface area contributed by atoms with Crippen molar-refractivity contribution >= 4 is 12.0 Å². The molecule has 0 spiro atoms. The summed E-state index contributed by atoms with van der Waals surface area (Å²) in [5.74, 6) is 0.491. The number of cyclic esters (lactones) is 1. The van der Waals surface area contributed by atoms with Crippen LogP contribution in [0.25, 0.3) is 0 Å². The van der Waals surface area contributed by atoms with Crippen molar-refractivity contribution in [3.63, 3.8) is 0 Å². The van der Waals surface area contributed by atoms with Gasteiger partial charge in [0.25, 0.3) is 5.91 Å². The Hall–Kier alpha value is -2.24. The SMILES string of the molecule is Cc1cccc(OCC(=O)NCCC2CN(C)C(=O)O2)c1. The molecule has 1 aromatic rings. The molecular formula is C15H20N2O4. The molecule has 1 unspecified atom stereocenters. The maximum atomic E-state index is 11.6. The summed E-state index contributed by atoms with van der Waals surface area (Å²) in [6.07, 6.45) is 0.140. The van der Waals surface area contributed by atoms with Crippen LogP contribution in [-0.4, -0.2) is 49.7 Å². The van der Waals surface area contributed by atoms with Crippen molar-refractivity contribution in [3.05, 3.63) is 29.8 Å². The van der Waals surface area contributed by atoms with E-state index in [1.165, 1.54) is 4.90 Å². The lowest BCUT2D eigenvalue weighted by atomic mass is 10.2. The van der Waals surface area contributed by atoms with Crippen LogP contribution in [0.4, 0.5) is 4.79 Å². The highest BCUT2D eigenvalue weighted by molar-refractivity contribution is 5.77. The molecule has 1 N–H and O–H groups in total. The number of benzene rings is 1. The van der Waals surface area contributed by atoms with Crippen molar-refractivity contribution in [1.29, 1.82) is 0 Å². The van der Waals surface area contributed by atoms with Crippen LogP contribution in [0.2, 0.25) is 0 Å². The molecule has 6 heteroatoms. The second kappa shape index (κ2) is 6.97. The molecule has 1 saturated heterocycles. The van der Waals surface area contributed by atoms with Gasteiger partial charge in [0.2, 0.25) is 0 Å². The van der Waals surface area contributed by atoms with Gasteiger partial charge in [-0.05, 0) is 24.6 Å². The van der Waals surface area contributed by atoms with E-state index in [4.69, 9.17) is 9.47 Å². The molecule has 1 heterocycles. The van der Waals surface area contributed by atoms with Gasteiger partial charge in [-0.15, -0.1) is 0 Å². The molecule has 2 amide bonds. The number of nitrogens with one attached hydrogen (secondary N) is 1. The molecule has 2 rings (SSSR count). The number of ether oxygens (including phenoxy) is 2. The van der Waals surface area contributed by atoms with Crippen LogP contribution >= 0.6 is 0 Å². The van der Waals surface area contributed by atoms with Gasteiger partial charge in [0.15, 0.2) is 6.61 Å². The summed E-state index contributed by atoms with van der Waals surface area (Å²) >= 11 is 0. The summed E-state index contributed by atoms with van der Waals surface area (Å²) in [4.78, 5) is 24.3. The molecule has 1 aliphatic rings. The third-order valence-electron chi connectivity index (χ3n) is 3.20. The van der Waals surface area contributed by atoms with Gasteiger partial charge < -0.3 is 19.7 Å². The topological polar surface area (TPSA) is 67.9 Å². The Bertz CT molecular complexity index is 518. The van der Waals surface area contributed by atoms with E-state index in [0.29, 0.717) is 25.3 Å². The normalized spacial score (nSPS) is 17.5. The number of likely N-dealkylation sites (N-methyl/N-ethyl adjacent to an activating group) is 1. The Labute approximate surface area is 124 Å². The van der Waals surface area contributed by atoms with Crippen LogP contribution in [0.5, 0.6) is 5.75 Å². The zero-order chi connectivity index (χ0) is 15.2. The lowest BCUT2D eigenvalue weighted by molar-refractivity contribution is -0.123. The van der Waals surface area contributed by atoms with Crippen LogP contribution in [0.3, 0.4) is 0 Å². The molecule has 1 aliphatic heterocycles. The first-order valence-corrected chi connectivity index (χ1v) is 6.92. The van der Waals surface area contributed by atoms with E-state index >= 15 is 0 Å². The van der Waals surface area contributed by atoms with Gasteiger partial charge in [-0.3, -0.25) is 4.79 Å². The molecule has 6 nitrogen and oxygen atoms in total. The van der Waals surface area contributed by atoms with E-state index < -0.39 is 0 Å². The van der Waals surface area contributed by atoms with E-state index in [2.05, 4.69) is 5.32 Å². The van der Waals surface area contributed by atoms with Crippen molar-refractivity contribution in [1.82, 2.24) is 10.2 Å². The van der Waals surface area contributed by atoms with Crippen LogP contribution in [0.1, 0.15) is 12.0 Å². The summed E-state index contributed by atoms with van der Waals surface area (Å²) < 4.78 is 10.5. The highest BCUT2D eigenvalue weighted by Crippen LogP contribution is 2.12. The molecule has 1 aromatic carbocycles. The molecule has 0 aromatic heterocycles. The quantitative estimate of drug-likeness (QED) is 0.859. The lowest BCUT2D eigenvalue weighted by Gasteiger charge is -2.10. The van der Waals surface area contributed by atoms with Crippen molar-refractivity contribution < 1.29 is 19.1 Å². The Morgan fingerprint density at radius 1 is 1.52 bits per heavy atom. The zero-order valence-electron chi connectivity index (χ0n) is 12.3. The summed E-state index contributed by atoms with van der Waals surface area (Å²) in [5, 5.41) is 2.75. The molecule has 1 atom stereocenters. The predicted octanol–water partition coefficient (Wildman–Crippen LogP) is 1.33. The summed E-state index contributed by atoms with van der Waals surface area (Å²) in [5.41, 5.74) is 1.08. The fourth-order valence-electron chi connectivity index (χ4n) is 2.08. The fraction of sp³-hybridized carbons (Fsp3) is 0.467. The minimum absolute atomic E-state index is 0.0200.